The Morgan fingerprint density at radius 3 is 2.59 bits per heavy atom. The van der Waals surface area contributed by atoms with E-state index in [1.807, 2.05) is 32.0 Å². The summed E-state index contributed by atoms with van der Waals surface area (Å²) in [5, 5.41) is 2.51. The van der Waals surface area contributed by atoms with Crippen LogP contribution in [0, 0.1) is 26.2 Å². The molecule has 0 saturated heterocycles. The van der Waals surface area contributed by atoms with E-state index in [1.54, 1.807) is 0 Å². The maximum absolute atomic E-state index is 11.2. The topological polar surface area (TPSA) is 64.3 Å². The van der Waals surface area contributed by atoms with Gasteiger partial charge in [0.25, 0.3) is 0 Å². The van der Waals surface area contributed by atoms with Crippen LogP contribution in [0.5, 0.6) is 0 Å². The zero-order valence-electron chi connectivity index (χ0n) is 9.99. The molecule has 3 N–H and O–H groups in total. The number of nitrogens with two attached hydrogens (primary N) is 1. The zero-order chi connectivity index (χ0) is 12.8. The molecule has 0 aromatic heterocycles. The normalized spacial score (nSPS) is 11.4. The van der Waals surface area contributed by atoms with Gasteiger partial charge in [0.2, 0.25) is 0 Å². The summed E-state index contributed by atoms with van der Waals surface area (Å²) >= 11 is 0. The van der Waals surface area contributed by atoms with Crippen molar-refractivity contribution in [3.8, 4) is 12.3 Å². The SMILES string of the molecule is C#CCOC(=O)NC(N)c1cc(C)cc(C)c1. The van der Waals surface area contributed by atoms with E-state index in [2.05, 4.69) is 16.0 Å². The molecular weight excluding hydrogens is 216 g/mol. The summed E-state index contributed by atoms with van der Waals surface area (Å²) in [6.07, 6.45) is 3.76. The molecule has 1 rings (SSSR count). The smallest absolute Gasteiger partial charge is 0.409 e. The molecule has 0 radical (unpaired) electrons. The van der Waals surface area contributed by atoms with Gasteiger partial charge in [-0.15, -0.1) is 6.42 Å². The molecular formula is C13H16N2O2. The van der Waals surface area contributed by atoms with Crippen molar-refractivity contribution in [1.29, 1.82) is 0 Å². The molecule has 1 unspecified atom stereocenters. The highest BCUT2D eigenvalue weighted by Gasteiger charge is 2.10. The Hall–Kier alpha value is -1.99. The molecule has 1 aromatic carbocycles. The summed E-state index contributed by atoms with van der Waals surface area (Å²) in [4.78, 5) is 11.2. The predicted molar refractivity (Wildman–Crippen MR) is 66.2 cm³/mol. The Labute approximate surface area is 101 Å². The van der Waals surface area contributed by atoms with E-state index in [9.17, 15) is 4.79 Å². The van der Waals surface area contributed by atoms with Crippen molar-refractivity contribution >= 4 is 6.09 Å². The summed E-state index contributed by atoms with van der Waals surface area (Å²) in [5.41, 5.74) is 8.86. The number of carbonyl (C=O) groups excluding carboxylic acids is 1. The molecule has 1 aromatic rings. The van der Waals surface area contributed by atoms with Crippen LogP contribution in [0.15, 0.2) is 18.2 Å². The predicted octanol–water partition coefficient (Wildman–Crippen LogP) is 1.62. The number of nitrogens with one attached hydrogen (secondary N) is 1. The average molecular weight is 232 g/mol. The van der Waals surface area contributed by atoms with E-state index in [1.165, 1.54) is 0 Å². The van der Waals surface area contributed by atoms with Crippen LogP contribution in [-0.2, 0) is 4.74 Å². The Morgan fingerprint density at radius 2 is 2.06 bits per heavy atom. The van der Waals surface area contributed by atoms with Crippen molar-refractivity contribution < 1.29 is 9.53 Å². The molecule has 0 aliphatic heterocycles. The molecule has 4 heteroatoms. The van der Waals surface area contributed by atoms with E-state index < -0.39 is 12.3 Å². The van der Waals surface area contributed by atoms with Gasteiger partial charge in [0.15, 0.2) is 6.61 Å². The third-order valence-corrected chi connectivity index (χ3v) is 2.16. The first-order chi connectivity index (χ1) is 8.02. The summed E-state index contributed by atoms with van der Waals surface area (Å²) in [6, 6.07) is 5.87. The molecule has 0 bridgehead atoms. The number of benzene rings is 1. The second-order valence-electron chi connectivity index (χ2n) is 3.82. The number of rotatable bonds is 3. The molecule has 1 atom stereocenters. The lowest BCUT2D eigenvalue weighted by Gasteiger charge is -2.15. The molecule has 0 aliphatic carbocycles. The molecule has 0 saturated carbocycles. The number of hydrogen-bond donors (Lipinski definition) is 2. The molecule has 1 amide bonds. The molecule has 0 aliphatic rings. The standard InChI is InChI=1S/C13H16N2O2/c1-4-5-17-13(16)15-12(14)11-7-9(2)6-10(3)8-11/h1,6-8,12H,5,14H2,2-3H3,(H,15,16). The number of alkyl carbamates (subject to hydrolysis) is 1. The fourth-order valence-corrected chi connectivity index (χ4v) is 1.55. The van der Waals surface area contributed by atoms with Crippen LogP contribution in [-0.4, -0.2) is 12.7 Å². The fourth-order valence-electron chi connectivity index (χ4n) is 1.55. The van der Waals surface area contributed by atoms with Gasteiger partial charge in [-0.2, -0.15) is 0 Å². The average Bonchev–Trinajstić information content (AvgIpc) is 2.25. The maximum atomic E-state index is 11.2. The van der Waals surface area contributed by atoms with Gasteiger partial charge in [-0.05, 0) is 19.4 Å². The first-order valence-electron chi connectivity index (χ1n) is 5.23. The highest BCUT2D eigenvalue weighted by atomic mass is 16.5. The van der Waals surface area contributed by atoms with Gasteiger partial charge >= 0.3 is 6.09 Å². The van der Waals surface area contributed by atoms with Crippen LogP contribution in [0.3, 0.4) is 0 Å². The van der Waals surface area contributed by atoms with E-state index >= 15 is 0 Å². The number of hydrogen-bond acceptors (Lipinski definition) is 3. The summed E-state index contributed by atoms with van der Waals surface area (Å²) in [5.74, 6) is 2.21. The lowest BCUT2D eigenvalue weighted by molar-refractivity contribution is 0.156. The Kier molecular flexibility index (Phi) is 4.56. The van der Waals surface area contributed by atoms with Gasteiger partial charge in [0, 0.05) is 0 Å². The second kappa shape index (κ2) is 5.92. The quantitative estimate of drug-likeness (QED) is 0.615. The largest absolute Gasteiger partial charge is 0.436 e. The van der Waals surface area contributed by atoms with Gasteiger partial charge in [-0.1, -0.05) is 35.2 Å². The van der Waals surface area contributed by atoms with Crippen LogP contribution in [0.1, 0.15) is 22.9 Å². The number of terminal acetylenes is 1. The number of carbonyl (C=O) groups is 1. The van der Waals surface area contributed by atoms with Gasteiger partial charge in [-0.25, -0.2) is 4.79 Å². The Bertz CT molecular complexity index is 429. The van der Waals surface area contributed by atoms with Crippen LogP contribution in [0.4, 0.5) is 4.79 Å². The minimum absolute atomic E-state index is 0.0641. The highest BCUT2D eigenvalue weighted by Crippen LogP contribution is 2.13. The van der Waals surface area contributed by atoms with Gasteiger partial charge < -0.3 is 15.8 Å². The molecule has 0 spiro atoms. The molecule has 17 heavy (non-hydrogen) atoms. The Morgan fingerprint density at radius 1 is 1.47 bits per heavy atom. The molecule has 4 nitrogen and oxygen atoms in total. The third-order valence-electron chi connectivity index (χ3n) is 2.16. The van der Waals surface area contributed by atoms with Crippen molar-refractivity contribution in [2.45, 2.75) is 20.0 Å². The van der Waals surface area contributed by atoms with Gasteiger partial charge in [0.1, 0.15) is 6.17 Å². The van der Waals surface area contributed by atoms with Crippen molar-refractivity contribution in [2.75, 3.05) is 6.61 Å². The minimum Gasteiger partial charge on any atom is -0.436 e. The molecule has 0 fully saturated rings. The zero-order valence-corrected chi connectivity index (χ0v) is 9.99. The van der Waals surface area contributed by atoms with Gasteiger partial charge in [0.05, 0.1) is 0 Å². The maximum Gasteiger partial charge on any atom is 0.409 e. The number of aryl methyl sites for hydroxylation is 2. The van der Waals surface area contributed by atoms with Crippen molar-refractivity contribution in [3.05, 3.63) is 34.9 Å². The lowest BCUT2D eigenvalue weighted by Crippen LogP contribution is -2.34. The van der Waals surface area contributed by atoms with Crippen LogP contribution < -0.4 is 11.1 Å². The molecule has 90 valence electrons. The fraction of sp³-hybridized carbons (Fsp3) is 0.308. The van der Waals surface area contributed by atoms with Crippen molar-refractivity contribution in [1.82, 2.24) is 5.32 Å². The number of ether oxygens (including phenoxy) is 1. The second-order valence-corrected chi connectivity index (χ2v) is 3.82. The lowest BCUT2D eigenvalue weighted by atomic mass is 10.1. The highest BCUT2D eigenvalue weighted by molar-refractivity contribution is 5.68. The monoisotopic (exact) mass is 232 g/mol. The van der Waals surface area contributed by atoms with E-state index in [0.717, 1.165) is 16.7 Å². The minimum atomic E-state index is -0.616. The molecule has 0 heterocycles. The van der Waals surface area contributed by atoms with Crippen molar-refractivity contribution in [2.24, 2.45) is 5.73 Å². The number of amides is 1. The van der Waals surface area contributed by atoms with Crippen LogP contribution in [0.2, 0.25) is 0 Å². The summed E-state index contributed by atoms with van der Waals surface area (Å²) in [6.45, 7) is 3.88. The van der Waals surface area contributed by atoms with E-state index in [4.69, 9.17) is 12.2 Å². The van der Waals surface area contributed by atoms with Gasteiger partial charge in [-0.3, -0.25) is 0 Å². The third kappa shape index (κ3) is 4.17. The first kappa shape index (κ1) is 13.1. The van der Waals surface area contributed by atoms with E-state index in [-0.39, 0.29) is 6.61 Å². The summed E-state index contributed by atoms with van der Waals surface area (Å²) < 4.78 is 4.68. The Balaban J connectivity index is 2.66. The van der Waals surface area contributed by atoms with Crippen molar-refractivity contribution in [3.63, 3.8) is 0 Å². The van der Waals surface area contributed by atoms with Crippen LogP contribution in [0.25, 0.3) is 0 Å². The van der Waals surface area contributed by atoms with E-state index in [0.29, 0.717) is 0 Å². The summed E-state index contributed by atoms with van der Waals surface area (Å²) in [7, 11) is 0. The first-order valence-corrected chi connectivity index (χ1v) is 5.23. The van der Waals surface area contributed by atoms with Crippen LogP contribution >= 0.6 is 0 Å².